The van der Waals surface area contributed by atoms with Gasteiger partial charge in [-0.05, 0) is 17.7 Å². The molecule has 0 aromatic heterocycles. The monoisotopic (exact) mass is 322 g/mol. The summed E-state index contributed by atoms with van der Waals surface area (Å²) in [5.41, 5.74) is -0.909. The quantitative estimate of drug-likeness (QED) is 0.347. The lowest BCUT2D eigenvalue weighted by Gasteiger charge is -2.15. The maximum Gasteiger partial charge on any atom is 0.419 e. The Balaban J connectivity index is 2.74. The zero-order valence-electron chi connectivity index (χ0n) is 9.82. The lowest BCUT2D eigenvalue weighted by molar-refractivity contribution is -0.187. The Hall–Kier alpha value is -1.15. The van der Waals surface area contributed by atoms with Gasteiger partial charge in [-0.25, -0.2) is 0 Å². The Labute approximate surface area is 115 Å². The molecule has 0 atom stereocenters. The molecule has 20 heavy (non-hydrogen) atoms. The molecular weight excluding hydrogens is 314 g/mol. The molecule has 1 rings (SSSR count). The second kappa shape index (κ2) is 6.53. The van der Waals surface area contributed by atoms with Gasteiger partial charge >= 0.3 is 12.4 Å². The Morgan fingerprint density at radius 1 is 1.05 bits per heavy atom. The summed E-state index contributed by atoms with van der Waals surface area (Å²) in [6.07, 6.45) is -9.28. The van der Waals surface area contributed by atoms with Crippen molar-refractivity contribution in [2.24, 2.45) is 0 Å². The van der Waals surface area contributed by atoms with E-state index in [0.29, 0.717) is 0 Å². The van der Waals surface area contributed by atoms with Crippen LogP contribution in [0.15, 0.2) is 18.2 Å². The number of hydrogen-bond acceptors (Lipinski definition) is 2. The SMILES string of the molecule is FC(F)(F)COCOc1ccc(CCl)cc1C(F)(F)F. The van der Waals surface area contributed by atoms with Crippen LogP contribution in [0.25, 0.3) is 0 Å². The van der Waals surface area contributed by atoms with Gasteiger partial charge in [0.2, 0.25) is 0 Å². The van der Waals surface area contributed by atoms with Crippen molar-refractivity contribution in [3.8, 4) is 5.75 Å². The Morgan fingerprint density at radius 3 is 2.20 bits per heavy atom. The van der Waals surface area contributed by atoms with Crippen molar-refractivity contribution in [3.63, 3.8) is 0 Å². The molecule has 0 N–H and O–H groups in total. The van der Waals surface area contributed by atoms with Crippen LogP contribution in [0.4, 0.5) is 26.3 Å². The molecule has 0 unspecified atom stereocenters. The van der Waals surface area contributed by atoms with Crippen molar-refractivity contribution < 1.29 is 35.8 Å². The number of ether oxygens (including phenoxy) is 2. The van der Waals surface area contributed by atoms with Crippen molar-refractivity contribution in [2.45, 2.75) is 18.2 Å². The first-order valence-electron chi connectivity index (χ1n) is 5.17. The molecule has 114 valence electrons. The van der Waals surface area contributed by atoms with Crippen LogP contribution in [0.2, 0.25) is 0 Å². The summed E-state index contributed by atoms with van der Waals surface area (Å²) >= 11 is 5.42. The van der Waals surface area contributed by atoms with Crippen LogP contribution in [-0.2, 0) is 16.8 Å². The summed E-state index contributed by atoms with van der Waals surface area (Å²) in [6, 6.07) is 3.03. The summed E-state index contributed by atoms with van der Waals surface area (Å²) < 4.78 is 82.1. The molecule has 0 heterocycles. The van der Waals surface area contributed by atoms with Gasteiger partial charge in [0.1, 0.15) is 12.4 Å². The fourth-order valence-electron chi connectivity index (χ4n) is 1.27. The summed E-state index contributed by atoms with van der Waals surface area (Å²) in [5, 5.41) is 0. The summed E-state index contributed by atoms with van der Waals surface area (Å²) in [7, 11) is 0. The van der Waals surface area contributed by atoms with Crippen molar-refractivity contribution in [1.29, 1.82) is 0 Å². The Morgan fingerprint density at radius 2 is 1.70 bits per heavy atom. The van der Waals surface area contributed by atoms with Gasteiger partial charge in [0, 0.05) is 5.88 Å². The number of hydrogen-bond donors (Lipinski definition) is 0. The van der Waals surface area contributed by atoms with Crippen LogP contribution in [0, 0.1) is 0 Å². The lowest BCUT2D eigenvalue weighted by Crippen LogP contribution is -2.19. The van der Waals surface area contributed by atoms with E-state index < -0.39 is 37.1 Å². The third kappa shape index (κ3) is 5.46. The van der Waals surface area contributed by atoms with Gasteiger partial charge in [-0.1, -0.05) is 6.07 Å². The van der Waals surface area contributed by atoms with Crippen LogP contribution < -0.4 is 4.74 Å². The molecule has 1 aromatic carbocycles. The van der Waals surface area contributed by atoms with Crippen LogP contribution in [0.5, 0.6) is 5.75 Å². The highest BCUT2D eigenvalue weighted by Gasteiger charge is 2.35. The highest BCUT2D eigenvalue weighted by molar-refractivity contribution is 6.17. The van der Waals surface area contributed by atoms with E-state index in [1.165, 1.54) is 6.07 Å². The molecule has 0 aliphatic carbocycles. The van der Waals surface area contributed by atoms with E-state index in [1.54, 1.807) is 0 Å². The van der Waals surface area contributed by atoms with Crippen molar-refractivity contribution in [1.82, 2.24) is 0 Å². The zero-order chi connectivity index (χ0) is 15.4. The fraction of sp³-hybridized carbons (Fsp3) is 0.455. The first-order chi connectivity index (χ1) is 9.13. The number of halogens is 7. The molecule has 0 spiro atoms. The van der Waals surface area contributed by atoms with Gasteiger partial charge in [0.05, 0.1) is 5.56 Å². The van der Waals surface area contributed by atoms with E-state index in [4.69, 9.17) is 11.6 Å². The fourth-order valence-corrected chi connectivity index (χ4v) is 1.44. The maximum atomic E-state index is 12.7. The first-order valence-corrected chi connectivity index (χ1v) is 5.70. The third-order valence-electron chi connectivity index (χ3n) is 2.07. The molecule has 0 saturated carbocycles. The predicted octanol–water partition coefficient (Wildman–Crippen LogP) is 4.36. The first kappa shape index (κ1) is 16.9. The molecular formula is C11H9ClF6O2. The highest BCUT2D eigenvalue weighted by Crippen LogP contribution is 2.37. The van der Waals surface area contributed by atoms with Crippen LogP contribution in [0.3, 0.4) is 0 Å². The molecule has 1 aromatic rings. The minimum atomic E-state index is -4.71. The van der Waals surface area contributed by atoms with Crippen LogP contribution in [-0.4, -0.2) is 19.6 Å². The topological polar surface area (TPSA) is 18.5 Å². The van der Waals surface area contributed by atoms with Crippen molar-refractivity contribution in [2.75, 3.05) is 13.4 Å². The average molecular weight is 323 g/mol. The van der Waals surface area contributed by atoms with E-state index in [1.807, 2.05) is 0 Å². The van der Waals surface area contributed by atoms with Gasteiger partial charge in [-0.15, -0.1) is 11.6 Å². The molecule has 0 amide bonds. The number of rotatable bonds is 5. The van der Waals surface area contributed by atoms with Gasteiger partial charge in [-0.3, -0.25) is 0 Å². The summed E-state index contributed by atoms with van der Waals surface area (Å²) in [4.78, 5) is 0. The molecule has 0 radical (unpaired) electrons. The smallest absolute Gasteiger partial charge is 0.419 e. The van der Waals surface area contributed by atoms with Crippen molar-refractivity contribution in [3.05, 3.63) is 29.3 Å². The predicted molar refractivity (Wildman–Crippen MR) is 58.5 cm³/mol. The Kier molecular flexibility index (Phi) is 5.52. The van der Waals surface area contributed by atoms with Gasteiger partial charge in [0.25, 0.3) is 0 Å². The van der Waals surface area contributed by atoms with Crippen molar-refractivity contribution >= 4 is 11.6 Å². The average Bonchev–Trinajstić information content (AvgIpc) is 2.32. The second-order valence-corrected chi connectivity index (χ2v) is 3.95. The second-order valence-electron chi connectivity index (χ2n) is 3.69. The number of benzene rings is 1. The molecule has 9 heteroatoms. The maximum absolute atomic E-state index is 12.7. The molecule has 0 aliphatic heterocycles. The number of alkyl halides is 7. The molecule has 2 nitrogen and oxygen atoms in total. The van der Waals surface area contributed by atoms with Gasteiger partial charge < -0.3 is 9.47 Å². The van der Waals surface area contributed by atoms with Crippen LogP contribution >= 0.6 is 11.6 Å². The normalized spacial score (nSPS) is 12.6. The van der Waals surface area contributed by atoms with E-state index in [2.05, 4.69) is 9.47 Å². The van der Waals surface area contributed by atoms with E-state index in [-0.39, 0.29) is 11.4 Å². The third-order valence-corrected chi connectivity index (χ3v) is 2.38. The summed E-state index contributed by atoms with van der Waals surface area (Å²) in [6.45, 7) is -2.54. The van der Waals surface area contributed by atoms with E-state index >= 15 is 0 Å². The van der Waals surface area contributed by atoms with E-state index in [9.17, 15) is 26.3 Å². The molecule has 0 aliphatic rings. The van der Waals surface area contributed by atoms with Gasteiger partial charge in [-0.2, -0.15) is 26.3 Å². The minimum absolute atomic E-state index is 0.131. The molecule has 0 fully saturated rings. The summed E-state index contributed by atoms with van der Waals surface area (Å²) in [5.74, 6) is -0.748. The van der Waals surface area contributed by atoms with E-state index in [0.717, 1.165) is 12.1 Å². The Bertz CT molecular complexity index is 444. The minimum Gasteiger partial charge on any atom is -0.467 e. The zero-order valence-corrected chi connectivity index (χ0v) is 10.6. The van der Waals surface area contributed by atoms with Crippen LogP contribution in [0.1, 0.15) is 11.1 Å². The standard InChI is InChI=1S/C11H9ClF6O2/c12-4-7-1-2-9(8(3-7)11(16,17)18)20-6-19-5-10(13,14)15/h1-3H,4-6H2. The van der Waals surface area contributed by atoms with Gasteiger partial charge in [0.15, 0.2) is 6.79 Å². The molecule has 0 bridgehead atoms. The largest absolute Gasteiger partial charge is 0.467 e. The molecule has 0 saturated heterocycles. The lowest BCUT2D eigenvalue weighted by atomic mass is 10.1. The highest BCUT2D eigenvalue weighted by atomic mass is 35.5.